The third kappa shape index (κ3) is 4.00. The number of likely N-dealkylation sites (N-methyl/N-ethyl adjacent to an activating group) is 1. The minimum Gasteiger partial charge on any atom is -0.378 e. The van der Waals surface area contributed by atoms with E-state index in [0.717, 1.165) is 44.6 Å². The van der Waals surface area contributed by atoms with Crippen LogP contribution in [-0.2, 0) is 9.53 Å². The molecule has 3 aliphatic heterocycles. The van der Waals surface area contributed by atoms with Crippen LogP contribution in [0.1, 0.15) is 19.3 Å². The predicted octanol–water partition coefficient (Wildman–Crippen LogP) is 1.86. The monoisotopic (exact) mass is 386 g/mol. The molecule has 3 aliphatic rings. The van der Waals surface area contributed by atoms with Crippen molar-refractivity contribution in [1.29, 1.82) is 0 Å². The zero-order valence-electron chi connectivity index (χ0n) is 16.6. The number of anilines is 1. The predicted molar refractivity (Wildman–Crippen MR) is 107 cm³/mol. The highest BCUT2D eigenvalue weighted by Gasteiger charge is 2.48. The van der Waals surface area contributed by atoms with E-state index in [9.17, 15) is 9.59 Å². The molecule has 1 atom stereocenters. The van der Waals surface area contributed by atoms with Crippen LogP contribution >= 0.6 is 0 Å². The molecule has 28 heavy (non-hydrogen) atoms. The fraction of sp³-hybridized carbons (Fsp3) is 0.619. The Labute approximate surface area is 166 Å². The molecule has 0 radical (unpaired) electrons. The van der Waals surface area contributed by atoms with Crippen molar-refractivity contribution in [2.24, 2.45) is 5.41 Å². The molecular formula is C21H30N4O3. The van der Waals surface area contributed by atoms with Gasteiger partial charge in [-0.2, -0.15) is 0 Å². The van der Waals surface area contributed by atoms with E-state index in [-0.39, 0.29) is 23.4 Å². The van der Waals surface area contributed by atoms with Gasteiger partial charge in [0, 0.05) is 38.4 Å². The van der Waals surface area contributed by atoms with Gasteiger partial charge in [0.2, 0.25) is 5.91 Å². The number of carbonyl (C=O) groups excluding carboxylic acids is 2. The number of likely N-dealkylation sites (tertiary alicyclic amines) is 2. The molecule has 1 unspecified atom stereocenters. The minimum atomic E-state index is -0.0391. The van der Waals surface area contributed by atoms with Gasteiger partial charge in [-0.1, -0.05) is 18.2 Å². The third-order valence-corrected chi connectivity index (χ3v) is 6.49. The van der Waals surface area contributed by atoms with Crippen LogP contribution in [-0.4, -0.2) is 85.7 Å². The van der Waals surface area contributed by atoms with Crippen LogP contribution < -0.4 is 5.32 Å². The Balaban J connectivity index is 1.32. The van der Waals surface area contributed by atoms with E-state index in [4.69, 9.17) is 4.74 Å². The topological polar surface area (TPSA) is 65.1 Å². The summed E-state index contributed by atoms with van der Waals surface area (Å²) >= 11 is 0. The molecule has 3 heterocycles. The van der Waals surface area contributed by atoms with Crippen LogP contribution in [0.15, 0.2) is 30.3 Å². The Kier molecular flexibility index (Phi) is 5.55. The number of morpholine rings is 1. The Morgan fingerprint density at radius 1 is 1.04 bits per heavy atom. The fourth-order valence-corrected chi connectivity index (χ4v) is 4.81. The van der Waals surface area contributed by atoms with Gasteiger partial charge >= 0.3 is 6.03 Å². The zero-order chi connectivity index (χ0) is 19.6. The van der Waals surface area contributed by atoms with Crippen molar-refractivity contribution < 1.29 is 14.3 Å². The Hall–Kier alpha value is -2.12. The van der Waals surface area contributed by atoms with Crippen LogP contribution in [0.5, 0.6) is 0 Å². The number of hydrogen-bond acceptors (Lipinski definition) is 4. The second-order valence-corrected chi connectivity index (χ2v) is 8.36. The number of carbonyl (C=O) groups is 2. The first-order valence-corrected chi connectivity index (χ1v) is 10.2. The molecule has 0 aromatic heterocycles. The summed E-state index contributed by atoms with van der Waals surface area (Å²) in [5, 5.41) is 2.97. The molecule has 1 spiro atoms. The number of piperidine rings is 1. The summed E-state index contributed by atoms with van der Waals surface area (Å²) in [5.41, 5.74) is 0.967. The Morgan fingerprint density at radius 2 is 1.71 bits per heavy atom. The van der Waals surface area contributed by atoms with Crippen molar-refractivity contribution in [2.75, 3.05) is 58.3 Å². The molecular weight excluding hydrogens is 356 g/mol. The van der Waals surface area contributed by atoms with E-state index in [1.165, 1.54) is 0 Å². The number of benzene rings is 1. The van der Waals surface area contributed by atoms with Crippen molar-refractivity contribution in [3.05, 3.63) is 30.3 Å². The van der Waals surface area contributed by atoms with E-state index in [1.54, 1.807) is 0 Å². The highest BCUT2D eigenvalue weighted by atomic mass is 16.5. The molecule has 3 saturated heterocycles. The van der Waals surface area contributed by atoms with E-state index < -0.39 is 0 Å². The van der Waals surface area contributed by atoms with Crippen LogP contribution in [0.25, 0.3) is 0 Å². The zero-order valence-corrected chi connectivity index (χ0v) is 16.6. The molecule has 3 fully saturated rings. The molecule has 152 valence electrons. The van der Waals surface area contributed by atoms with Crippen LogP contribution in [0.3, 0.4) is 0 Å². The molecule has 7 nitrogen and oxygen atoms in total. The highest BCUT2D eigenvalue weighted by molar-refractivity contribution is 5.89. The van der Waals surface area contributed by atoms with Crippen LogP contribution in [0.2, 0.25) is 0 Å². The quantitative estimate of drug-likeness (QED) is 0.843. The highest BCUT2D eigenvalue weighted by Crippen LogP contribution is 2.43. The third-order valence-electron chi connectivity index (χ3n) is 6.49. The molecule has 4 rings (SSSR count). The summed E-state index contributed by atoms with van der Waals surface area (Å²) in [7, 11) is 2.06. The Bertz CT molecular complexity index is 697. The van der Waals surface area contributed by atoms with Gasteiger partial charge in [0.05, 0.1) is 19.3 Å². The van der Waals surface area contributed by atoms with Gasteiger partial charge in [-0.15, -0.1) is 0 Å². The van der Waals surface area contributed by atoms with Gasteiger partial charge in [0.1, 0.15) is 0 Å². The lowest BCUT2D eigenvalue weighted by molar-refractivity contribution is -0.139. The number of para-hydroxylation sites is 1. The summed E-state index contributed by atoms with van der Waals surface area (Å²) in [5.74, 6) is 0.243. The number of nitrogens with one attached hydrogen (secondary N) is 1. The standard InChI is InChI=1S/C21H30N4O3/c1-23-16-21(15-18(23)19(26)24-11-13-28-14-12-24)7-9-25(10-8-21)20(27)22-17-5-3-2-4-6-17/h2-6,18H,7-16H2,1H3,(H,22,27). The van der Waals surface area contributed by atoms with Gasteiger partial charge in [-0.3, -0.25) is 9.69 Å². The molecule has 3 amide bonds. The number of nitrogens with zero attached hydrogens (tertiary/aromatic N) is 3. The van der Waals surface area contributed by atoms with E-state index in [1.807, 2.05) is 40.1 Å². The molecule has 0 bridgehead atoms. The van der Waals surface area contributed by atoms with E-state index in [2.05, 4.69) is 17.3 Å². The first-order chi connectivity index (χ1) is 13.6. The second kappa shape index (κ2) is 8.09. The summed E-state index contributed by atoms with van der Waals surface area (Å²) < 4.78 is 5.38. The first kappa shape index (κ1) is 19.2. The maximum atomic E-state index is 13.0. The van der Waals surface area contributed by atoms with Crippen molar-refractivity contribution in [1.82, 2.24) is 14.7 Å². The lowest BCUT2D eigenvalue weighted by Gasteiger charge is -2.39. The van der Waals surface area contributed by atoms with E-state index in [0.29, 0.717) is 26.3 Å². The van der Waals surface area contributed by atoms with E-state index >= 15 is 0 Å². The number of hydrogen-bond donors (Lipinski definition) is 1. The molecule has 1 aromatic carbocycles. The van der Waals surface area contributed by atoms with Gasteiger partial charge in [-0.05, 0) is 43.9 Å². The summed E-state index contributed by atoms with van der Waals surface area (Å²) in [6, 6.07) is 9.50. The van der Waals surface area contributed by atoms with Crippen molar-refractivity contribution in [2.45, 2.75) is 25.3 Å². The largest absolute Gasteiger partial charge is 0.378 e. The molecule has 1 N–H and O–H groups in total. The molecule has 0 aliphatic carbocycles. The fourth-order valence-electron chi connectivity index (χ4n) is 4.81. The summed E-state index contributed by atoms with van der Waals surface area (Å²) in [6.45, 7) is 5.09. The normalized spacial score (nSPS) is 25.1. The molecule has 0 saturated carbocycles. The maximum absolute atomic E-state index is 13.0. The SMILES string of the molecule is CN1CC2(CCN(C(=O)Nc3ccccc3)CC2)CC1C(=O)N1CCOCC1. The van der Waals surface area contributed by atoms with Gasteiger partial charge in [-0.25, -0.2) is 4.79 Å². The summed E-state index contributed by atoms with van der Waals surface area (Å²) in [6.07, 6.45) is 2.80. The number of amides is 3. The van der Waals surface area contributed by atoms with Gasteiger partial charge in [0.25, 0.3) is 0 Å². The van der Waals surface area contributed by atoms with Crippen molar-refractivity contribution in [3.63, 3.8) is 0 Å². The lowest BCUT2D eigenvalue weighted by Crippen LogP contribution is -2.48. The summed E-state index contributed by atoms with van der Waals surface area (Å²) in [4.78, 5) is 31.6. The average molecular weight is 386 g/mol. The average Bonchev–Trinajstić information content (AvgIpc) is 3.05. The van der Waals surface area contributed by atoms with Gasteiger partial charge < -0.3 is 19.9 Å². The molecule has 1 aromatic rings. The number of urea groups is 1. The number of ether oxygens (including phenoxy) is 1. The Morgan fingerprint density at radius 3 is 2.39 bits per heavy atom. The smallest absolute Gasteiger partial charge is 0.321 e. The first-order valence-electron chi connectivity index (χ1n) is 10.2. The maximum Gasteiger partial charge on any atom is 0.321 e. The molecule has 7 heteroatoms. The van der Waals surface area contributed by atoms with Gasteiger partial charge in [0.15, 0.2) is 0 Å². The lowest BCUT2D eigenvalue weighted by atomic mass is 9.76. The second-order valence-electron chi connectivity index (χ2n) is 8.36. The van der Waals surface area contributed by atoms with Crippen molar-refractivity contribution >= 4 is 17.6 Å². The van der Waals surface area contributed by atoms with Crippen molar-refractivity contribution in [3.8, 4) is 0 Å². The minimum absolute atomic E-state index is 0.0339. The van der Waals surface area contributed by atoms with Crippen LogP contribution in [0, 0.1) is 5.41 Å². The number of rotatable bonds is 2. The van der Waals surface area contributed by atoms with Crippen LogP contribution in [0.4, 0.5) is 10.5 Å².